The van der Waals surface area contributed by atoms with E-state index < -0.39 is 0 Å². The summed E-state index contributed by atoms with van der Waals surface area (Å²) in [5.41, 5.74) is 2.05. The van der Waals surface area contributed by atoms with Gasteiger partial charge in [-0.25, -0.2) is 4.39 Å². The quantitative estimate of drug-likeness (QED) is 0.445. The standard InChI is InChI=1S/C15H20FN5.HI/c1-17-15(18-7-6-13-10-20-21(2)11-13)19-9-12-4-3-5-14(16)8-12;/h3-5,8,10-11H,6-7,9H2,1-2H3,(H2,17,18,19);1H. The largest absolute Gasteiger partial charge is 0.356 e. The molecular formula is C15H21FIN5. The Balaban J connectivity index is 0.00000242. The van der Waals surface area contributed by atoms with Gasteiger partial charge in [0, 0.05) is 33.4 Å². The SMILES string of the molecule is CN=C(NCCc1cnn(C)c1)NCc1cccc(F)c1.I. The van der Waals surface area contributed by atoms with Crippen LogP contribution < -0.4 is 10.6 Å². The molecule has 0 aliphatic carbocycles. The summed E-state index contributed by atoms with van der Waals surface area (Å²) in [5, 5.41) is 10.5. The van der Waals surface area contributed by atoms with Crippen LogP contribution in [-0.4, -0.2) is 29.3 Å². The van der Waals surface area contributed by atoms with Crippen molar-refractivity contribution >= 4 is 29.9 Å². The number of aromatic nitrogens is 2. The second-order valence-corrected chi connectivity index (χ2v) is 4.75. The van der Waals surface area contributed by atoms with E-state index in [4.69, 9.17) is 0 Å². The number of nitrogens with one attached hydrogen (secondary N) is 2. The summed E-state index contributed by atoms with van der Waals surface area (Å²) in [6.45, 7) is 1.29. The van der Waals surface area contributed by atoms with Crippen molar-refractivity contribution in [1.82, 2.24) is 20.4 Å². The molecule has 0 amide bonds. The molecule has 0 bridgehead atoms. The third-order valence-corrected chi connectivity index (χ3v) is 3.04. The second-order valence-electron chi connectivity index (χ2n) is 4.75. The highest BCUT2D eigenvalue weighted by atomic mass is 127. The van der Waals surface area contributed by atoms with Crippen LogP contribution in [0.1, 0.15) is 11.1 Å². The minimum Gasteiger partial charge on any atom is -0.356 e. The van der Waals surface area contributed by atoms with Gasteiger partial charge >= 0.3 is 0 Å². The first-order valence-corrected chi connectivity index (χ1v) is 6.84. The van der Waals surface area contributed by atoms with Crippen LogP contribution >= 0.6 is 24.0 Å². The zero-order chi connectivity index (χ0) is 15.1. The Kier molecular flexibility index (Phi) is 7.86. The summed E-state index contributed by atoms with van der Waals surface area (Å²) in [6.07, 6.45) is 4.71. The zero-order valence-corrected chi connectivity index (χ0v) is 15.0. The number of halogens is 2. The fourth-order valence-corrected chi connectivity index (χ4v) is 1.98. The van der Waals surface area contributed by atoms with Gasteiger partial charge in [-0.2, -0.15) is 5.10 Å². The van der Waals surface area contributed by atoms with Crippen molar-refractivity contribution in [3.63, 3.8) is 0 Å². The van der Waals surface area contributed by atoms with Crippen molar-refractivity contribution in [2.45, 2.75) is 13.0 Å². The Bertz CT molecular complexity index is 611. The lowest BCUT2D eigenvalue weighted by atomic mass is 10.2. The van der Waals surface area contributed by atoms with Crippen molar-refractivity contribution in [3.8, 4) is 0 Å². The van der Waals surface area contributed by atoms with Gasteiger partial charge < -0.3 is 10.6 Å². The Hall–Kier alpha value is -1.64. The van der Waals surface area contributed by atoms with Gasteiger partial charge in [-0.15, -0.1) is 24.0 Å². The Morgan fingerprint density at radius 1 is 1.32 bits per heavy atom. The molecule has 22 heavy (non-hydrogen) atoms. The van der Waals surface area contributed by atoms with E-state index in [0.29, 0.717) is 12.5 Å². The first kappa shape index (κ1) is 18.4. The highest BCUT2D eigenvalue weighted by Crippen LogP contribution is 2.02. The van der Waals surface area contributed by atoms with E-state index in [1.54, 1.807) is 17.8 Å². The molecule has 2 rings (SSSR count). The Morgan fingerprint density at radius 2 is 2.14 bits per heavy atom. The maximum Gasteiger partial charge on any atom is 0.191 e. The van der Waals surface area contributed by atoms with E-state index >= 15 is 0 Å². The molecule has 0 atom stereocenters. The first-order chi connectivity index (χ1) is 10.2. The number of rotatable bonds is 5. The Morgan fingerprint density at radius 3 is 2.77 bits per heavy atom. The number of hydrogen-bond donors (Lipinski definition) is 2. The smallest absolute Gasteiger partial charge is 0.191 e. The molecule has 0 aliphatic heterocycles. The van der Waals surface area contributed by atoms with Crippen LogP contribution in [0, 0.1) is 5.82 Å². The van der Waals surface area contributed by atoms with Gasteiger partial charge in [0.2, 0.25) is 0 Å². The lowest BCUT2D eigenvalue weighted by Crippen LogP contribution is -2.37. The summed E-state index contributed by atoms with van der Waals surface area (Å²) >= 11 is 0. The normalized spacial score (nSPS) is 11.0. The molecule has 0 aliphatic rings. The van der Waals surface area contributed by atoms with E-state index in [0.717, 1.165) is 18.5 Å². The monoisotopic (exact) mass is 417 g/mol. The van der Waals surface area contributed by atoms with Gasteiger partial charge in [-0.1, -0.05) is 12.1 Å². The molecule has 0 radical (unpaired) electrons. The van der Waals surface area contributed by atoms with Gasteiger partial charge in [0.25, 0.3) is 0 Å². The van der Waals surface area contributed by atoms with Crippen molar-refractivity contribution in [2.75, 3.05) is 13.6 Å². The highest BCUT2D eigenvalue weighted by Gasteiger charge is 2.00. The summed E-state index contributed by atoms with van der Waals surface area (Å²) in [5.74, 6) is 0.469. The predicted octanol–water partition coefficient (Wildman–Crippen LogP) is 2.08. The van der Waals surface area contributed by atoms with E-state index in [2.05, 4.69) is 20.7 Å². The van der Waals surface area contributed by atoms with Gasteiger partial charge in [-0.3, -0.25) is 9.67 Å². The summed E-state index contributed by atoms with van der Waals surface area (Å²) in [7, 11) is 3.61. The zero-order valence-electron chi connectivity index (χ0n) is 12.7. The third-order valence-electron chi connectivity index (χ3n) is 3.04. The van der Waals surface area contributed by atoms with Crippen molar-refractivity contribution < 1.29 is 4.39 Å². The number of guanidine groups is 1. The number of nitrogens with zero attached hydrogens (tertiary/aromatic N) is 3. The third kappa shape index (κ3) is 6.00. The average molecular weight is 417 g/mol. The van der Waals surface area contributed by atoms with Crippen molar-refractivity contribution in [1.29, 1.82) is 0 Å². The van der Waals surface area contributed by atoms with Gasteiger partial charge in [-0.05, 0) is 29.7 Å². The average Bonchev–Trinajstić information content (AvgIpc) is 2.88. The molecule has 120 valence electrons. The minimum absolute atomic E-state index is 0. The number of hydrogen-bond acceptors (Lipinski definition) is 2. The lowest BCUT2D eigenvalue weighted by molar-refractivity contribution is 0.624. The fourth-order valence-electron chi connectivity index (χ4n) is 1.98. The lowest BCUT2D eigenvalue weighted by Gasteiger charge is -2.11. The number of aliphatic imine (C=N–C) groups is 1. The van der Waals surface area contributed by atoms with Gasteiger partial charge in [0.05, 0.1) is 6.20 Å². The van der Waals surface area contributed by atoms with Crippen LogP contribution in [0.25, 0.3) is 0 Å². The maximum atomic E-state index is 13.1. The van der Waals surface area contributed by atoms with Gasteiger partial charge in [0.1, 0.15) is 5.82 Å². The summed E-state index contributed by atoms with van der Waals surface area (Å²) < 4.78 is 14.9. The van der Waals surface area contributed by atoms with E-state index in [9.17, 15) is 4.39 Å². The second kappa shape index (κ2) is 9.39. The molecule has 1 aromatic heterocycles. The van der Waals surface area contributed by atoms with Crippen molar-refractivity contribution in [2.24, 2.45) is 12.0 Å². The van der Waals surface area contributed by atoms with E-state index in [-0.39, 0.29) is 29.8 Å². The van der Waals surface area contributed by atoms with Crippen LogP contribution in [0.3, 0.4) is 0 Å². The molecule has 0 fully saturated rings. The van der Waals surface area contributed by atoms with Gasteiger partial charge in [0.15, 0.2) is 5.96 Å². The Labute approximate surface area is 147 Å². The summed E-state index contributed by atoms with van der Waals surface area (Å²) in [6, 6.07) is 6.52. The first-order valence-electron chi connectivity index (χ1n) is 6.84. The summed E-state index contributed by atoms with van der Waals surface area (Å²) in [4.78, 5) is 4.14. The molecule has 1 heterocycles. The fraction of sp³-hybridized carbons (Fsp3) is 0.333. The highest BCUT2D eigenvalue weighted by molar-refractivity contribution is 14.0. The number of aryl methyl sites for hydroxylation is 1. The molecule has 0 saturated carbocycles. The molecule has 7 heteroatoms. The maximum absolute atomic E-state index is 13.1. The topological polar surface area (TPSA) is 54.2 Å². The van der Waals surface area contributed by atoms with Crippen LogP contribution in [0.4, 0.5) is 4.39 Å². The van der Waals surface area contributed by atoms with Crippen LogP contribution in [-0.2, 0) is 20.0 Å². The molecule has 0 unspecified atom stereocenters. The molecule has 2 N–H and O–H groups in total. The van der Waals surface area contributed by atoms with Crippen LogP contribution in [0.2, 0.25) is 0 Å². The molecular weight excluding hydrogens is 396 g/mol. The molecule has 0 saturated heterocycles. The number of benzene rings is 1. The molecule has 0 spiro atoms. The van der Waals surface area contributed by atoms with E-state index in [1.807, 2.05) is 25.5 Å². The van der Waals surface area contributed by atoms with Crippen LogP contribution in [0.5, 0.6) is 0 Å². The molecule has 5 nitrogen and oxygen atoms in total. The predicted molar refractivity (Wildman–Crippen MR) is 96.9 cm³/mol. The van der Waals surface area contributed by atoms with E-state index in [1.165, 1.54) is 17.7 Å². The van der Waals surface area contributed by atoms with Crippen molar-refractivity contribution in [3.05, 3.63) is 53.6 Å². The molecule has 2 aromatic rings. The van der Waals surface area contributed by atoms with Crippen LogP contribution in [0.15, 0.2) is 41.7 Å². The molecule has 1 aromatic carbocycles. The minimum atomic E-state index is -0.228.